The first-order valence-corrected chi connectivity index (χ1v) is 12.3. The number of hydrogen-bond donors (Lipinski definition) is 1. The highest BCUT2D eigenvalue weighted by atomic mass is 32.2. The van der Waals surface area contributed by atoms with Crippen molar-refractivity contribution in [3.05, 3.63) is 76.8 Å². The first kappa shape index (κ1) is 27.1. The number of esters is 1. The summed E-state index contributed by atoms with van der Waals surface area (Å²) in [5.74, 6) is -0.0380. The molecule has 0 saturated carbocycles. The van der Waals surface area contributed by atoms with Crippen LogP contribution in [0.15, 0.2) is 65.7 Å². The normalized spacial score (nSPS) is 21.8. The quantitative estimate of drug-likeness (QED) is 0.357. The number of thioether (sulfide) groups is 1. The Morgan fingerprint density at radius 1 is 1.09 bits per heavy atom. The van der Waals surface area contributed by atoms with Crippen LogP contribution in [0.2, 0.25) is 0 Å². The fraction of sp³-hybridized carbons (Fsp3) is 0.423. The van der Waals surface area contributed by atoms with Gasteiger partial charge in [0.15, 0.2) is 6.61 Å². The molecule has 0 amide bonds. The molecular formula is C26H31F3NO4S+. The summed E-state index contributed by atoms with van der Waals surface area (Å²) in [4.78, 5) is 11.3. The van der Waals surface area contributed by atoms with Gasteiger partial charge in [0.2, 0.25) is 5.37 Å². The van der Waals surface area contributed by atoms with Gasteiger partial charge in [0, 0.05) is 18.2 Å². The SMILES string of the molecule is COC(=O)COc1ccc(CC(C)[N+]2(CCc3ccccc3)C(C(C)O)=CSC2C(F)(F)F)cc1. The molecule has 0 spiro atoms. The van der Waals surface area contributed by atoms with Gasteiger partial charge in [-0.2, -0.15) is 13.2 Å². The molecule has 9 heteroatoms. The maximum Gasteiger partial charge on any atom is 0.452 e. The van der Waals surface area contributed by atoms with Gasteiger partial charge in [-0.05, 0) is 37.1 Å². The zero-order chi connectivity index (χ0) is 25.6. The highest BCUT2D eigenvalue weighted by molar-refractivity contribution is 8.02. The van der Waals surface area contributed by atoms with Crippen LogP contribution in [-0.2, 0) is 22.4 Å². The standard InChI is InChI=1S/C26H31F3NO4S/c1-18(15-21-9-11-22(12-10-21)34-16-24(32)33-3)30(14-13-20-7-5-4-6-8-20)23(19(2)31)17-35-25(30)26(27,28)29/h4-12,17-19,25,31H,13-16H2,1-3H3/q+1. The summed E-state index contributed by atoms with van der Waals surface area (Å²) in [5, 5.41) is 10.3. The Morgan fingerprint density at radius 2 is 1.74 bits per heavy atom. The second kappa shape index (κ2) is 11.5. The second-order valence-corrected chi connectivity index (χ2v) is 9.65. The van der Waals surface area contributed by atoms with Gasteiger partial charge in [-0.25, -0.2) is 4.79 Å². The molecule has 0 radical (unpaired) electrons. The number of benzene rings is 2. The molecule has 3 rings (SSSR count). The smallest absolute Gasteiger partial charge is 0.452 e. The third kappa shape index (κ3) is 6.39. The van der Waals surface area contributed by atoms with Gasteiger partial charge in [-0.3, -0.25) is 4.48 Å². The Bertz CT molecular complexity index is 1010. The van der Waals surface area contributed by atoms with E-state index in [9.17, 15) is 23.1 Å². The summed E-state index contributed by atoms with van der Waals surface area (Å²) in [6, 6.07) is 15.9. The molecule has 5 nitrogen and oxygen atoms in total. The molecule has 4 atom stereocenters. The fourth-order valence-electron chi connectivity index (χ4n) is 4.60. The molecule has 1 N–H and O–H groups in total. The molecular weight excluding hydrogens is 479 g/mol. The predicted octanol–water partition coefficient (Wildman–Crippen LogP) is 5.09. The Morgan fingerprint density at radius 3 is 2.31 bits per heavy atom. The number of carbonyl (C=O) groups excluding carboxylic acids is 1. The topological polar surface area (TPSA) is 55.8 Å². The van der Waals surface area contributed by atoms with Crippen LogP contribution >= 0.6 is 11.8 Å². The first-order valence-electron chi connectivity index (χ1n) is 11.4. The number of methoxy groups -OCH3 is 1. The lowest BCUT2D eigenvalue weighted by Gasteiger charge is -2.47. The molecule has 2 aromatic rings. The highest BCUT2D eigenvalue weighted by Gasteiger charge is 2.62. The summed E-state index contributed by atoms with van der Waals surface area (Å²) in [7, 11) is 1.27. The van der Waals surface area contributed by atoms with Crippen LogP contribution in [-0.4, -0.2) is 59.5 Å². The summed E-state index contributed by atoms with van der Waals surface area (Å²) in [6.45, 7) is 3.33. The zero-order valence-corrected chi connectivity index (χ0v) is 20.8. The number of nitrogens with zero attached hydrogens (tertiary/aromatic N) is 1. The van der Waals surface area contributed by atoms with Gasteiger partial charge in [-0.1, -0.05) is 54.2 Å². The van der Waals surface area contributed by atoms with E-state index in [1.165, 1.54) is 19.4 Å². The number of halogens is 3. The molecule has 1 aliphatic rings. The first-order chi connectivity index (χ1) is 16.6. The number of quaternary nitrogens is 1. The zero-order valence-electron chi connectivity index (χ0n) is 20.0. The van der Waals surface area contributed by atoms with E-state index in [4.69, 9.17) is 4.74 Å². The molecule has 4 unspecified atom stereocenters. The number of aliphatic hydroxyl groups is 1. The second-order valence-electron chi connectivity index (χ2n) is 8.70. The lowest BCUT2D eigenvalue weighted by atomic mass is 9.99. The van der Waals surface area contributed by atoms with E-state index in [0.29, 0.717) is 24.3 Å². The fourth-order valence-corrected chi connectivity index (χ4v) is 6.07. The van der Waals surface area contributed by atoms with E-state index < -0.39 is 29.7 Å². The Kier molecular flexibility index (Phi) is 8.90. The van der Waals surface area contributed by atoms with Crippen LogP contribution in [0.3, 0.4) is 0 Å². The van der Waals surface area contributed by atoms with Gasteiger partial charge >= 0.3 is 12.1 Å². The average Bonchev–Trinajstić information content (AvgIpc) is 3.24. The third-order valence-electron chi connectivity index (χ3n) is 6.36. The summed E-state index contributed by atoms with van der Waals surface area (Å²) in [6.07, 6.45) is -4.65. The number of alkyl halides is 3. The van der Waals surface area contributed by atoms with E-state index >= 15 is 0 Å². The molecule has 0 aliphatic carbocycles. The van der Waals surface area contributed by atoms with E-state index in [0.717, 1.165) is 22.9 Å². The van der Waals surface area contributed by atoms with Crippen molar-refractivity contribution in [3.63, 3.8) is 0 Å². The van der Waals surface area contributed by atoms with Crippen molar-refractivity contribution in [2.24, 2.45) is 0 Å². The number of hydrogen-bond acceptors (Lipinski definition) is 5. The van der Waals surface area contributed by atoms with Crippen LogP contribution in [0, 0.1) is 0 Å². The minimum atomic E-state index is -4.45. The van der Waals surface area contributed by atoms with Gasteiger partial charge < -0.3 is 14.6 Å². The summed E-state index contributed by atoms with van der Waals surface area (Å²) in [5.41, 5.74) is 2.17. The van der Waals surface area contributed by atoms with Crippen LogP contribution < -0.4 is 4.74 Å². The molecule has 2 aromatic carbocycles. The molecule has 190 valence electrons. The number of ether oxygens (including phenoxy) is 2. The summed E-state index contributed by atoms with van der Waals surface area (Å²) < 4.78 is 52.6. The van der Waals surface area contributed by atoms with Crippen LogP contribution in [0.1, 0.15) is 25.0 Å². The maximum absolute atomic E-state index is 14.3. The Hall–Kier alpha value is -2.49. The van der Waals surface area contributed by atoms with Crippen molar-refractivity contribution < 1.29 is 37.0 Å². The number of rotatable bonds is 10. The monoisotopic (exact) mass is 510 g/mol. The largest absolute Gasteiger partial charge is 0.482 e. The van der Waals surface area contributed by atoms with E-state index in [2.05, 4.69) is 4.74 Å². The number of carbonyl (C=O) groups is 1. The number of aliphatic hydroxyl groups excluding tert-OH is 1. The molecule has 0 saturated heterocycles. The molecule has 0 bridgehead atoms. The van der Waals surface area contributed by atoms with Crippen molar-refractivity contribution in [1.29, 1.82) is 0 Å². The van der Waals surface area contributed by atoms with Crippen molar-refractivity contribution in [3.8, 4) is 5.75 Å². The molecule has 1 aliphatic heterocycles. The van der Waals surface area contributed by atoms with Crippen molar-refractivity contribution in [2.75, 3.05) is 20.3 Å². The average molecular weight is 511 g/mol. The molecule has 1 heterocycles. The van der Waals surface area contributed by atoms with Gasteiger partial charge in [0.05, 0.1) is 19.7 Å². The third-order valence-corrected chi connectivity index (χ3v) is 7.64. The Labute approximate surface area is 208 Å². The van der Waals surface area contributed by atoms with Gasteiger partial charge in [-0.15, -0.1) is 0 Å². The van der Waals surface area contributed by atoms with E-state index in [-0.39, 0.29) is 17.6 Å². The van der Waals surface area contributed by atoms with E-state index in [1.54, 1.807) is 24.3 Å². The maximum atomic E-state index is 14.3. The predicted molar refractivity (Wildman–Crippen MR) is 130 cm³/mol. The molecule has 0 fully saturated rings. The lowest BCUT2D eigenvalue weighted by Crippen LogP contribution is -2.63. The minimum absolute atomic E-state index is 0.208. The van der Waals surface area contributed by atoms with E-state index in [1.807, 2.05) is 37.3 Å². The van der Waals surface area contributed by atoms with Crippen molar-refractivity contribution in [1.82, 2.24) is 0 Å². The van der Waals surface area contributed by atoms with Crippen LogP contribution in [0.4, 0.5) is 13.2 Å². The van der Waals surface area contributed by atoms with Crippen LogP contribution in [0.25, 0.3) is 0 Å². The van der Waals surface area contributed by atoms with Crippen LogP contribution in [0.5, 0.6) is 5.75 Å². The summed E-state index contributed by atoms with van der Waals surface area (Å²) >= 11 is 0.742. The van der Waals surface area contributed by atoms with Gasteiger partial charge in [0.1, 0.15) is 17.6 Å². The molecule has 0 aromatic heterocycles. The Balaban J connectivity index is 1.89. The lowest BCUT2D eigenvalue weighted by molar-refractivity contribution is -0.934. The van der Waals surface area contributed by atoms with Gasteiger partial charge in [0.25, 0.3) is 0 Å². The van der Waals surface area contributed by atoms with Crippen molar-refractivity contribution >= 4 is 17.7 Å². The van der Waals surface area contributed by atoms with Crippen molar-refractivity contribution in [2.45, 2.75) is 50.4 Å². The highest BCUT2D eigenvalue weighted by Crippen LogP contribution is 2.50. The minimum Gasteiger partial charge on any atom is -0.482 e. The molecule has 35 heavy (non-hydrogen) atoms.